The van der Waals surface area contributed by atoms with Crippen LogP contribution in [0.3, 0.4) is 0 Å². The van der Waals surface area contributed by atoms with Gasteiger partial charge in [-0.05, 0) is 31.2 Å². The summed E-state index contributed by atoms with van der Waals surface area (Å²) in [5, 5.41) is 0. The van der Waals surface area contributed by atoms with Crippen LogP contribution in [0.4, 0.5) is 5.95 Å². The van der Waals surface area contributed by atoms with Crippen LogP contribution in [0.15, 0.2) is 23.1 Å². The van der Waals surface area contributed by atoms with Crippen molar-refractivity contribution >= 4 is 38.6 Å². The van der Waals surface area contributed by atoms with Crippen molar-refractivity contribution in [3.8, 4) is 0 Å². The highest BCUT2D eigenvalue weighted by molar-refractivity contribution is 8.00. The molecule has 2 N–H and O–H groups in total. The van der Waals surface area contributed by atoms with Crippen LogP contribution in [-0.4, -0.2) is 35.2 Å². The van der Waals surface area contributed by atoms with E-state index >= 15 is 0 Å². The maximum atomic E-state index is 11.9. The lowest BCUT2D eigenvalue weighted by Gasteiger charge is -2.40. The van der Waals surface area contributed by atoms with Crippen molar-refractivity contribution in [2.75, 3.05) is 18.2 Å². The standard InChI is InChI=1S/C14H19N3O2S2/c1-20-14(7-4-8-14)9-17-10-5-3-6-11(21(2,18)19)12(10)16-13(17)15/h3,5-6H,4,7-9H2,1-2H3,(H2,15,16). The van der Waals surface area contributed by atoms with Crippen LogP contribution in [0, 0.1) is 0 Å². The molecule has 0 aliphatic heterocycles. The van der Waals surface area contributed by atoms with Crippen LogP contribution in [0.25, 0.3) is 11.0 Å². The monoisotopic (exact) mass is 325 g/mol. The number of benzene rings is 1. The summed E-state index contributed by atoms with van der Waals surface area (Å²) in [6, 6.07) is 5.23. The molecule has 5 nitrogen and oxygen atoms in total. The van der Waals surface area contributed by atoms with E-state index in [2.05, 4.69) is 11.2 Å². The summed E-state index contributed by atoms with van der Waals surface area (Å²) in [5.41, 5.74) is 7.34. The average molecular weight is 325 g/mol. The molecule has 7 heteroatoms. The van der Waals surface area contributed by atoms with Crippen LogP contribution in [0.1, 0.15) is 19.3 Å². The van der Waals surface area contributed by atoms with E-state index in [4.69, 9.17) is 5.73 Å². The molecule has 1 fully saturated rings. The Morgan fingerprint density at radius 3 is 2.67 bits per heavy atom. The molecule has 0 bridgehead atoms. The molecular weight excluding hydrogens is 306 g/mol. The molecule has 1 aromatic heterocycles. The lowest BCUT2D eigenvalue weighted by molar-refractivity contribution is 0.326. The molecule has 0 spiro atoms. The van der Waals surface area contributed by atoms with Gasteiger partial charge in [0, 0.05) is 17.5 Å². The van der Waals surface area contributed by atoms with Gasteiger partial charge in [-0.25, -0.2) is 13.4 Å². The predicted molar refractivity (Wildman–Crippen MR) is 87.4 cm³/mol. The Hall–Kier alpha value is -1.21. The molecule has 0 amide bonds. The number of hydrogen-bond acceptors (Lipinski definition) is 5. The summed E-state index contributed by atoms with van der Waals surface area (Å²) in [7, 11) is -3.31. The molecule has 21 heavy (non-hydrogen) atoms. The van der Waals surface area contributed by atoms with Gasteiger partial charge < -0.3 is 10.3 Å². The number of hydrogen-bond donors (Lipinski definition) is 1. The normalized spacial score (nSPS) is 17.8. The van der Waals surface area contributed by atoms with E-state index in [0.29, 0.717) is 11.5 Å². The number of para-hydroxylation sites is 1. The van der Waals surface area contributed by atoms with E-state index in [1.165, 1.54) is 25.5 Å². The summed E-state index contributed by atoms with van der Waals surface area (Å²) < 4.78 is 25.9. The second-order valence-corrected chi connectivity index (χ2v) is 8.95. The quantitative estimate of drug-likeness (QED) is 0.933. The Labute approximate surface area is 128 Å². The van der Waals surface area contributed by atoms with E-state index in [1.807, 2.05) is 22.4 Å². The van der Waals surface area contributed by atoms with Gasteiger partial charge in [0.2, 0.25) is 5.95 Å². The molecule has 1 aromatic carbocycles. The van der Waals surface area contributed by atoms with Crippen molar-refractivity contribution < 1.29 is 8.42 Å². The van der Waals surface area contributed by atoms with E-state index in [9.17, 15) is 8.42 Å². The first-order chi connectivity index (χ1) is 9.86. The third kappa shape index (κ3) is 2.42. The Balaban J connectivity index is 2.14. The van der Waals surface area contributed by atoms with Gasteiger partial charge in [-0.15, -0.1) is 0 Å². The van der Waals surface area contributed by atoms with E-state index in [-0.39, 0.29) is 9.64 Å². The fourth-order valence-corrected chi connectivity index (χ4v) is 4.67. The number of thioether (sulfide) groups is 1. The number of sulfone groups is 1. The number of nitrogen functional groups attached to an aromatic ring is 1. The average Bonchev–Trinajstić information content (AvgIpc) is 2.68. The zero-order valence-electron chi connectivity index (χ0n) is 12.2. The van der Waals surface area contributed by atoms with Crippen LogP contribution in [-0.2, 0) is 16.4 Å². The van der Waals surface area contributed by atoms with Crippen molar-refractivity contribution in [1.29, 1.82) is 0 Å². The minimum atomic E-state index is -3.31. The maximum Gasteiger partial charge on any atom is 0.201 e. The third-order valence-corrected chi connectivity index (χ3v) is 6.85. The summed E-state index contributed by atoms with van der Waals surface area (Å²) in [6.07, 6.45) is 6.89. The summed E-state index contributed by atoms with van der Waals surface area (Å²) in [5.74, 6) is 0.390. The van der Waals surface area contributed by atoms with Crippen molar-refractivity contribution in [3.05, 3.63) is 18.2 Å². The molecule has 1 heterocycles. The van der Waals surface area contributed by atoms with Gasteiger partial charge in [0.25, 0.3) is 0 Å². The molecule has 0 unspecified atom stereocenters. The fourth-order valence-electron chi connectivity index (χ4n) is 2.89. The molecule has 1 aliphatic rings. The Morgan fingerprint density at radius 1 is 1.43 bits per heavy atom. The van der Waals surface area contributed by atoms with Crippen molar-refractivity contribution in [2.45, 2.75) is 35.4 Å². The number of imidazole rings is 1. The van der Waals surface area contributed by atoms with Gasteiger partial charge in [0.1, 0.15) is 5.52 Å². The molecule has 3 rings (SSSR count). The zero-order valence-corrected chi connectivity index (χ0v) is 13.8. The van der Waals surface area contributed by atoms with Gasteiger partial charge in [-0.3, -0.25) is 0 Å². The first kappa shape index (κ1) is 14.7. The fraction of sp³-hybridized carbons (Fsp3) is 0.500. The Kier molecular flexibility index (Phi) is 3.44. The molecular formula is C14H19N3O2S2. The van der Waals surface area contributed by atoms with Gasteiger partial charge in [-0.2, -0.15) is 11.8 Å². The molecule has 0 atom stereocenters. The third-order valence-electron chi connectivity index (χ3n) is 4.31. The van der Waals surface area contributed by atoms with Gasteiger partial charge in [0.05, 0.1) is 10.4 Å². The van der Waals surface area contributed by atoms with Crippen molar-refractivity contribution in [1.82, 2.24) is 9.55 Å². The highest BCUT2D eigenvalue weighted by Gasteiger charge is 2.37. The second kappa shape index (κ2) is 4.91. The van der Waals surface area contributed by atoms with Crippen molar-refractivity contribution in [2.24, 2.45) is 0 Å². The molecule has 114 valence electrons. The Bertz CT molecular complexity index is 786. The largest absolute Gasteiger partial charge is 0.369 e. The second-order valence-electron chi connectivity index (χ2n) is 5.69. The van der Waals surface area contributed by atoms with Gasteiger partial charge in [0.15, 0.2) is 9.84 Å². The number of anilines is 1. The zero-order chi connectivity index (χ0) is 15.3. The lowest BCUT2D eigenvalue weighted by atomic mass is 9.84. The first-order valence-electron chi connectivity index (χ1n) is 6.86. The number of nitrogens with zero attached hydrogens (tertiary/aromatic N) is 2. The minimum absolute atomic E-state index is 0.211. The predicted octanol–water partition coefficient (Wildman–Crippen LogP) is 2.31. The van der Waals surface area contributed by atoms with E-state index in [1.54, 1.807) is 12.1 Å². The summed E-state index contributed by atoms with van der Waals surface area (Å²) in [6.45, 7) is 0.781. The van der Waals surface area contributed by atoms with Crippen LogP contribution < -0.4 is 5.73 Å². The number of fused-ring (bicyclic) bond motifs is 1. The van der Waals surface area contributed by atoms with E-state index < -0.39 is 9.84 Å². The van der Waals surface area contributed by atoms with Gasteiger partial charge >= 0.3 is 0 Å². The van der Waals surface area contributed by atoms with Crippen LogP contribution >= 0.6 is 11.8 Å². The molecule has 1 saturated carbocycles. The number of aromatic nitrogens is 2. The van der Waals surface area contributed by atoms with Crippen molar-refractivity contribution in [3.63, 3.8) is 0 Å². The van der Waals surface area contributed by atoms with Crippen LogP contribution in [0.5, 0.6) is 0 Å². The lowest BCUT2D eigenvalue weighted by Crippen LogP contribution is -2.38. The number of nitrogens with two attached hydrogens (primary N) is 1. The topological polar surface area (TPSA) is 78.0 Å². The SMILES string of the molecule is CSC1(Cn2c(N)nc3c(S(C)(=O)=O)cccc32)CCC1. The highest BCUT2D eigenvalue weighted by atomic mass is 32.2. The van der Waals surface area contributed by atoms with E-state index in [0.717, 1.165) is 12.1 Å². The minimum Gasteiger partial charge on any atom is -0.369 e. The number of rotatable bonds is 4. The molecule has 2 aromatic rings. The maximum absolute atomic E-state index is 11.9. The summed E-state index contributed by atoms with van der Waals surface area (Å²) in [4.78, 5) is 4.56. The molecule has 1 aliphatic carbocycles. The smallest absolute Gasteiger partial charge is 0.201 e. The van der Waals surface area contributed by atoms with Gasteiger partial charge in [-0.1, -0.05) is 12.5 Å². The highest BCUT2D eigenvalue weighted by Crippen LogP contribution is 2.45. The Morgan fingerprint density at radius 2 is 2.14 bits per heavy atom. The van der Waals surface area contributed by atoms with Crippen LogP contribution in [0.2, 0.25) is 0 Å². The molecule has 0 saturated heterocycles. The summed E-state index contributed by atoms with van der Waals surface area (Å²) >= 11 is 1.86. The first-order valence-corrected chi connectivity index (χ1v) is 9.98. The molecule has 0 radical (unpaired) electrons.